The van der Waals surface area contributed by atoms with Crippen LogP contribution in [0.15, 0.2) is 30.5 Å². The van der Waals surface area contributed by atoms with Crippen LogP contribution in [0.5, 0.6) is 0 Å². The van der Waals surface area contributed by atoms with Crippen LogP contribution in [-0.2, 0) is 4.79 Å². The number of rotatable bonds is 7. The molecule has 0 atom stereocenters. The van der Waals surface area contributed by atoms with E-state index in [1.54, 1.807) is 6.20 Å². The minimum atomic E-state index is -1.02. The second kappa shape index (κ2) is 9.09. The summed E-state index contributed by atoms with van der Waals surface area (Å²) < 4.78 is 2.01. The molecule has 2 heterocycles. The van der Waals surface area contributed by atoms with Crippen molar-refractivity contribution in [3.63, 3.8) is 0 Å². The fourth-order valence-corrected chi connectivity index (χ4v) is 3.81. The summed E-state index contributed by atoms with van der Waals surface area (Å²) >= 11 is 0. The summed E-state index contributed by atoms with van der Waals surface area (Å²) in [5.74, 6) is -1.07. The Morgan fingerprint density at radius 3 is 2.52 bits per heavy atom. The van der Waals surface area contributed by atoms with Gasteiger partial charge in [0.05, 0.1) is 5.56 Å². The van der Waals surface area contributed by atoms with Crippen LogP contribution >= 0.6 is 0 Å². The van der Waals surface area contributed by atoms with Crippen LogP contribution in [0.1, 0.15) is 43.1 Å². The molecule has 3 N–H and O–H groups in total. The number of nitrogens with one attached hydrogen (secondary N) is 2. The molecule has 29 heavy (non-hydrogen) atoms. The minimum Gasteiger partial charge on any atom is -0.465 e. The summed E-state index contributed by atoms with van der Waals surface area (Å²) in [7, 11) is 0. The van der Waals surface area contributed by atoms with Gasteiger partial charge in [0.1, 0.15) is 0 Å². The van der Waals surface area contributed by atoms with Gasteiger partial charge in [-0.15, -0.1) is 0 Å². The number of hydrogen-bond acceptors (Lipinski definition) is 4. The Morgan fingerprint density at radius 2 is 1.86 bits per heavy atom. The second-order valence-electron chi connectivity index (χ2n) is 7.71. The van der Waals surface area contributed by atoms with Crippen LogP contribution in [0.25, 0.3) is 10.9 Å². The highest BCUT2D eigenvalue weighted by Crippen LogP contribution is 2.25. The van der Waals surface area contributed by atoms with E-state index in [1.807, 2.05) is 42.7 Å². The standard InChI is InChI=1S/C21H28N4O4/c1-14(2)25-13-17(16-5-3-4-6-18(16)25)19(26)20(27)23-15-7-10-24(11-8-15)12-9-22-21(28)29/h3-6,13-15,22H,7-12H2,1-2H3,(H,23,27)(H,28,29). The lowest BCUT2D eigenvalue weighted by atomic mass is 10.0. The third-order valence-electron chi connectivity index (χ3n) is 5.37. The van der Waals surface area contributed by atoms with Gasteiger partial charge in [-0.2, -0.15) is 0 Å². The maximum Gasteiger partial charge on any atom is 0.404 e. The molecule has 1 aliphatic heterocycles. The van der Waals surface area contributed by atoms with Crippen LogP contribution in [0.2, 0.25) is 0 Å². The number of likely N-dealkylation sites (tertiary alicyclic amines) is 1. The van der Waals surface area contributed by atoms with Gasteiger partial charge in [0.25, 0.3) is 11.7 Å². The fraction of sp³-hybridized carbons (Fsp3) is 0.476. The average Bonchev–Trinajstić information content (AvgIpc) is 3.08. The lowest BCUT2D eigenvalue weighted by Crippen LogP contribution is -2.47. The summed E-state index contributed by atoms with van der Waals surface area (Å²) in [6.45, 7) is 6.62. The first-order valence-corrected chi connectivity index (χ1v) is 10.0. The molecule has 0 spiro atoms. The van der Waals surface area contributed by atoms with E-state index < -0.39 is 17.8 Å². The first-order chi connectivity index (χ1) is 13.9. The first kappa shape index (κ1) is 20.9. The maximum absolute atomic E-state index is 12.8. The number of fused-ring (bicyclic) bond motifs is 1. The van der Waals surface area contributed by atoms with E-state index >= 15 is 0 Å². The Morgan fingerprint density at radius 1 is 1.17 bits per heavy atom. The van der Waals surface area contributed by atoms with Crippen molar-refractivity contribution < 1.29 is 19.5 Å². The first-order valence-electron chi connectivity index (χ1n) is 10.0. The van der Waals surface area contributed by atoms with Gasteiger partial charge in [0, 0.05) is 55.4 Å². The largest absolute Gasteiger partial charge is 0.465 e. The van der Waals surface area contributed by atoms with Crippen molar-refractivity contribution in [2.24, 2.45) is 0 Å². The number of hydrogen-bond donors (Lipinski definition) is 3. The molecule has 1 aromatic carbocycles. The van der Waals surface area contributed by atoms with E-state index in [9.17, 15) is 14.4 Å². The molecule has 1 saturated heterocycles. The van der Waals surface area contributed by atoms with Crippen molar-refractivity contribution >= 4 is 28.7 Å². The molecule has 0 bridgehead atoms. The molecule has 8 heteroatoms. The molecule has 1 aromatic heterocycles. The van der Waals surface area contributed by atoms with Crippen molar-refractivity contribution in [1.29, 1.82) is 0 Å². The molecular formula is C21H28N4O4. The Kier molecular flexibility index (Phi) is 6.53. The Labute approximate surface area is 169 Å². The number of benzene rings is 1. The second-order valence-corrected chi connectivity index (χ2v) is 7.71. The molecule has 1 aliphatic rings. The van der Waals surface area contributed by atoms with Gasteiger partial charge in [-0.05, 0) is 32.8 Å². The predicted molar refractivity (Wildman–Crippen MR) is 110 cm³/mol. The number of ketones is 1. The summed E-state index contributed by atoms with van der Waals surface area (Å²) in [5.41, 5.74) is 1.38. The van der Waals surface area contributed by atoms with Crippen LogP contribution in [-0.4, -0.2) is 64.6 Å². The Hall–Kier alpha value is -2.87. The van der Waals surface area contributed by atoms with E-state index in [0.29, 0.717) is 18.7 Å². The number of amides is 2. The summed E-state index contributed by atoms with van der Waals surface area (Å²) in [5, 5.41) is 14.6. The highest BCUT2D eigenvalue weighted by atomic mass is 16.4. The van der Waals surface area contributed by atoms with E-state index in [-0.39, 0.29) is 12.1 Å². The van der Waals surface area contributed by atoms with Crippen LogP contribution in [0.3, 0.4) is 0 Å². The number of carboxylic acid groups (broad SMARTS) is 1. The molecule has 0 aliphatic carbocycles. The van der Waals surface area contributed by atoms with Crippen molar-refractivity contribution in [2.45, 2.75) is 38.8 Å². The van der Waals surface area contributed by atoms with Gasteiger partial charge >= 0.3 is 6.09 Å². The predicted octanol–water partition coefficient (Wildman–Crippen LogP) is 2.25. The third-order valence-corrected chi connectivity index (χ3v) is 5.37. The van der Waals surface area contributed by atoms with Crippen molar-refractivity contribution in [3.05, 3.63) is 36.0 Å². The molecule has 1 fully saturated rings. The monoisotopic (exact) mass is 400 g/mol. The highest BCUT2D eigenvalue weighted by molar-refractivity contribution is 6.45. The highest BCUT2D eigenvalue weighted by Gasteiger charge is 2.26. The van der Waals surface area contributed by atoms with Crippen molar-refractivity contribution in [1.82, 2.24) is 20.1 Å². The number of piperidine rings is 1. The number of aromatic nitrogens is 1. The number of Topliss-reactive ketones (excluding diaryl/α,β-unsaturated/α-hetero) is 1. The number of carbonyl (C=O) groups excluding carboxylic acids is 2. The van der Waals surface area contributed by atoms with Crippen LogP contribution in [0.4, 0.5) is 4.79 Å². The van der Waals surface area contributed by atoms with Gasteiger partial charge in [-0.1, -0.05) is 18.2 Å². The van der Waals surface area contributed by atoms with E-state index in [0.717, 1.165) is 36.8 Å². The van der Waals surface area contributed by atoms with Gasteiger partial charge < -0.3 is 25.2 Å². The molecule has 0 radical (unpaired) electrons. The Balaban J connectivity index is 1.59. The number of carbonyl (C=O) groups is 3. The smallest absolute Gasteiger partial charge is 0.404 e. The molecule has 156 valence electrons. The van der Waals surface area contributed by atoms with E-state index in [4.69, 9.17) is 5.11 Å². The topological polar surface area (TPSA) is 104 Å². The van der Waals surface area contributed by atoms with Gasteiger partial charge in [-0.25, -0.2) is 4.79 Å². The molecule has 2 aromatic rings. The molecule has 0 unspecified atom stereocenters. The molecule has 2 amide bonds. The number of nitrogens with zero attached hydrogens (tertiary/aromatic N) is 2. The van der Waals surface area contributed by atoms with Crippen molar-refractivity contribution in [3.8, 4) is 0 Å². The maximum atomic E-state index is 12.8. The van der Waals surface area contributed by atoms with Crippen molar-refractivity contribution in [2.75, 3.05) is 26.2 Å². The van der Waals surface area contributed by atoms with E-state index in [2.05, 4.69) is 15.5 Å². The van der Waals surface area contributed by atoms with E-state index in [1.165, 1.54) is 0 Å². The SMILES string of the molecule is CC(C)n1cc(C(=O)C(=O)NC2CCN(CCNC(=O)O)CC2)c2ccccc21. The summed E-state index contributed by atoms with van der Waals surface area (Å²) in [4.78, 5) is 38.1. The van der Waals surface area contributed by atoms with Gasteiger partial charge in [-0.3, -0.25) is 9.59 Å². The fourth-order valence-electron chi connectivity index (χ4n) is 3.81. The van der Waals surface area contributed by atoms with Crippen LogP contribution in [0, 0.1) is 0 Å². The van der Waals surface area contributed by atoms with Gasteiger partial charge in [0.15, 0.2) is 0 Å². The third kappa shape index (κ3) is 4.95. The zero-order valence-electron chi connectivity index (χ0n) is 16.9. The summed E-state index contributed by atoms with van der Waals surface area (Å²) in [6, 6.07) is 7.77. The molecule has 8 nitrogen and oxygen atoms in total. The zero-order valence-corrected chi connectivity index (χ0v) is 16.9. The van der Waals surface area contributed by atoms with Crippen LogP contribution < -0.4 is 10.6 Å². The minimum absolute atomic E-state index is 0.0476. The Bertz CT molecular complexity index is 897. The lowest BCUT2D eigenvalue weighted by Gasteiger charge is -2.32. The zero-order chi connectivity index (χ0) is 21.0. The number of para-hydroxylation sites is 1. The average molecular weight is 400 g/mol. The van der Waals surface area contributed by atoms with Gasteiger partial charge in [0.2, 0.25) is 0 Å². The molecule has 3 rings (SSSR count). The lowest BCUT2D eigenvalue weighted by molar-refractivity contribution is -0.118. The molecule has 0 saturated carbocycles. The summed E-state index contributed by atoms with van der Waals surface area (Å²) in [6.07, 6.45) is 2.22. The molecular weight excluding hydrogens is 372 g/mol. The normalized spacial score (nSPS) is 15.6. The quantitative estimate of drug-likeness (QED) is 0.489.